The average Bonchev–Trinajstić information content (AvgIpc) is 3.26. The monoisotopic (exact) mass is 444 g/mol. The molecule has 2 heterocycles. The second-order valence-electron chi connectivity index (χ2n) is 7.91. The second kappa shape index (κ2) is 7.84. The highest BCUT2D eigenvalue weighted by atomic mass is 32.2. The van der Waals surface area contributed by atoms with Crippen LogP contribution >= 0.6 is 11.8 Å². The summed E-state index contributed by atoms with van der Waals surface area (Å²) in [5, 5.41) is 9.21. The summed E-state index contributed by atoms with van der Waals surface area (Å²) in [5.74, 6) is 0.895. The van der Waals surface area contributed by atoms with E-state index in [1.54, 1.807) is 0 Å². The fourth-order valence-electron chi connectivity index (χ4n) is 4.48. The van der Waals surface area contributed by atoms with Gasteiger partial charge in [-0.05, 0) is 73.7 Å². The maximum atomic E-state index is 9.21. The van der Waals surface area contributed by atoms with E-state index in [0.717, 1.165) is 34.7 Å². The van der Waals surface area contributed by atoms with Crippen LogP contribution in [0.15, 0.2) is 101 Å². The van der Waals surface area contributed by atoms with Crippen molar-refractivity contribution in [2.45, 2.75) is 16.7 Å². The van der Waals surface area contributed by atoms with Crippen LogP contribution in [0, 0.1) is 11.3 Å². The van der Waals surface area contributed by atoms with Gasteiger partial charge in [0.05, 0.1) is 34.0 Å². The highest BCUT2D eigenvalue weighted by molar-refractivity contribution is 7.99. The van der Waals surface area contributed by atoms with Crippen molar-refractivity contribution in [3.63, 3.8) is 0 Å². The fourth-order valence-corrected chi connectivity index (χ4v) is 5.61. The van der Waals surface area contributed by atoms with Gasteiger partial charge in [0.15, 0.2) is 0 Å². The van der Waals surface area contributed by atoms with Gasteiger partial charge >= 0.3 is 0 Å². The molecular formula is C28H20N4S. The number of fused-ring (bicyclic) bond motifs is 3. The molecule has 0 saturated carbocycles. The maximum Gasteiger partial charge on any atom is 0.145 e. The van der Waals surface area contributed by atoms with Gasteiger partial charge in [-0.15, -0.1) is 0 Å². The molecule has 0 atom stereocenters. The molecule has 1 aromatic heterocycles. The number of nitriles is 1. The van der Waals surface area contributed by atoms with Crippen LogP contribution in [0.4, 0.5) is 11.4 Å². The minimum atomic E-state index is 0.647. The number of benzene rings is 4. The van der Waals surface area contributed by atoms with Crippen LogP contribution < -0.4 is 4.90 Å². The third kappa shape index (κ3) is 3.19. The summed E-state index contributed by atoms with van der Waals surface area (Å²) >= 11 is 1.81. The predicted octanol–water partition coefficient (Wildman–Crippen LogP) is 7.19. The highest BCUT2D eigenvalue weighted by Crippen LogP contribution is 2.49. The minimum absolute atomic E-state index is 0.647. The van der Waals surface area contributed by atoms with E-state index in [0.29, 0.717) is 5.56 Å². The number of nitrogens with zero attached hydrogens (tertiary/aromatic N) is 4. The number of anilines is 2. The van der Waals surface area contributed by atoms with Gasteiger partial charge in [-0.1, -0.05) is 36.0 Å². The summed E-state index contributed by atoms with van der Waals surface area (Å²) in [5.41, 5.74) is 7.18. The molecule has 0 unspecified atom stereocenters. The van der Waals surface area contributed by atoms with Crippen molar-refractivity contribution >= 4 is 34.2 Å². The van der Waals surface area contributed by atoms with Gasteiger partial charge in [-0.25, -0.2) is 4.98 Å². The zero-order valence-electron chi connectivity index (χ0n) is 18.1. The lowest BCUT2D eigenvalue weighted by atomic mass is 10.1. The first-order valence-corrected chi connectivity index (χ1v) is 11.8. The Kier molecular flexibility index (Phi) is 4.67. The quantitative estimate of drug-likeness (QED) is 0.295. The van der Waals surface area contributed by atoms with Gasteiger partial charge in [0, 0.05) is 27.6 Å². The third-order valence-electron chi connectivity index (χ3n) is 6.02. The van der Waals surface area contributed by atoms with Crippen molar-refractivity contribution in [2.24, 2.45) is 0 Å². The molecule has 4 nitrogen and oxygen atoms in total. The molecule has 0 spiro atoms. The van der Waals surface area contributed by atoms with Crippen molar-refractivity contribution in [2.75, 3.05) is 11.4 Å². The van der Waals surface area contributed by atoms with E-state index in [9.17, 15) is 5.26 Å². The van der Waals surface area contributed by atoms with Crippen molar-refractivity contribution < 1.29 is 0 Å². The average molecular weight is 445 g/mol. The summed E-state index contributed by atoms with van der Waals surface area (Å²) in [6, 6.07) is 33.2. The molecule has 0 fully saturated rings. The molecular weight excluding hydrogens is 424 g/mol. The molecule has 1 aliphatic heterocycles. The predicted molar refractivity (Wildman–Crippen MR) is 134 cm³/mol. The molecule has 0 N–H and O–H groups in total. The van der Waals surface area contributed by atoms with Crippen LogP contribution in [-0.4, -0.2) is 16.1 Å². The largest absolute Gasteiger partial charge is 0.340 e. The van der Waals surface area contributed by atoms with Crippen molar-refractivity contribution in [1.82, 2.24) is 9.55 Å². The Morgan fingerprint density at radius 2 is 1.61 bits per heavy atom. The zero-order chi connectivity index (χ0) is 22.4. The van der Waals surface area contributed by atoms with Gasteiger partial charge in [-0.3, -0.25) is 4.57 Å². The number of para-hydroxylation sites is 3. The third-order valence-corrected chi connectivity index (χ3v) is 7.13. The number of aromatic nitrogens is 2. The minimum Gasteiger partial charge on any atom is -0.340 e. The molecule has 33 heavy (non-hydrogen) atoms. The van der Waals surface area contributed by atoms with Crippen molar-refractivity contribution in [3.8, 4) is 23.1 Å². The SMILES string of the molecule is CCN1c2ccccc2Sc2cc(-c3nc4ccccc4n3-c3ccc(C#N)cc3)ccc21. The first kappa shape index (κ1) is 19.7. The van der Waals surface area contributed by atoms with Crippen LogP contribution in [0.25, 0.3) is 28.1 Å². The highest BCUT2D eigenvalue weighted by Gasteiger charge is 2.23. The van der Waals surface area contributed by atoms with Crippen LogP contribution in [0.3, 0.4) is 0 Å². The first-order valence-electron chi connectivity index (χ1n) is 10.9. The van der Waals surface area contributed by atoms with E-state index >= 15 is 0 Å². The lowest BCUT2D eigenvalue weighted by Gasteiger charge is -2.32. The number of hydrogen-bond acceptors (Lipinski definition) is 4. The molecule has 0 saturated heterocycles. The summed E-state index contributed by atoms with van der Waals surface area (Å²) in [7, 11) is 0. The summed E-state index contributed by atoms with van der Waals surface area (Å²) < 4.78 is 2.18. The zero-order valence-corrected chi connectivity index (χ0v) is 18.9. The van der Waals surface area contributed by atoms with Crippen LogP contribution in [0.1, 0.15) is 12.5 Å². The Balaban J connectivity index is 1.53. The van der Waals surface area contributed by atoms with E-state index in [2.05, 4.69) is 71.0 Å². The molecule has 0 aliphatic carbocycles. The molecule has 5 aromatic rings. The number of rotatable bonds is 3. The lowest BCUT2D eigenvalue weighted by Crippen LogP contribution is -2.19. The van der Waals surface area contributed by atoms with Gasteiger partial charge < -0.3 is 4.90 Å². The van der Waals surface area contributed by atoms with E-state index in [1.807, 2.05) is 54.2 Å². The number of imidazole rings is 1. The van der Waals surface area contributed by atoms with E-state index in [1.165, 1.54) is 21.2 Å². The first-order chi connectivity index (χ1) is 16.3. The Morgan fingerprint density at radius 3 is 2.42 bits per heavy atom. The smallest absolute Gasteiger partial charge is 0.145 e. The Labute approximate surface area is 196 Å². The normalized spacial score (nSPS) is 12.3. The van der Waals surface area contributed by atoms with E-state index < -0.39 is 0 Å². The van der Waals surface area contributed by atoms with Gasteiger partial charge in [0.25, 0.3) is 0 Å². The lowest BCUT2D eigenvalue weighted by molar-refractivity contribution is 0.978. The molecule has 6 rings (SSSR count). The molecule has 1 aliphatic rings. The molecule has 0 amide bonds. The fraction of sp³-hybridized carbons (Fsp3) is 0.0714. The summed E-state index contributed by atoms with van der Waals surface area (Å²) in [6.07, 6.45) is 0. The van der Waals surface area contributed by atoms with Gasteiger partial charge in [0.2, 0.25) is 0 Å². The topological polar surface area (TPSA) is 44.9 Å². The molecule has 4 aromatic carbocycles. The second-order valence-corrected chi connectivity index (χ2v) is 9.00. The van der Waals surface area contributed by atoms with Gasteiger partial charge in [-0.2, -0.15) is 5.26 Å². The van der Waals surface area contributed by atoms with Crippen molar-refractivity contribution in [3.05, 3.63) is 96.6 Å². The van der Waals surface area contributed by atoms with Crippen LogP contribution in [0.2, 0.25) is 0 Å². The van der Waals surface area contributed by atoms with Crippen LogP contribution in [0.5, 0.6) is 0 Å². The van der Waals surface area contributed by atoms with E-state index in [4.69, 9.17) is 4.98 Å². The Hall–Kier alpha value is -4.01. The Morgan fingerprint density at radius 1 is 0.848 bits per heavy atom. The summed E-state index contributed by atoms with van der Waals surface area (Å²) in [6.45, 7) is 3.10. The molecule has 0 bridgehead atoms. The van der Waals surface area contributed by atoms with Crippen molar-refractivity contribution in [1.29, 1.82) is 5.26 Å². The molecule has 5 heteroatoms. The van der Waals surface area contributed by atoms with E-state index in [-0.39, 0.29) is 0 Å². The number of hydrogen-bond donors (Lipinski definition) is 0. The maximum absolute atomic E-state index is 9.21. The van der Waals surface area contributed by atoms with Crippen LogP contribution in [-0.2, 0) is 0 Å². The van der Waals surface area contributed by atoms with Gasteiger partial charge in [0.1, 0.15) is 5.82 Å². The Bertz CT molecular complexity index is 1540. The standard InChI is InChI=1S/C28H20N4S/c1-2-31-24-9-5-6-10-26(24)33-27-17-20(13-16-25(27)31)28-30-22-7-3-4-8-23(22)32(28)21-14-11-19(18-29)12-15-21/h3-17H,2H2,1H3. The molecule has 0 radical (unpaired) electrons. The molecule has 158 valence electrons. The summed E-state index contributed by atoms with van der Waals surface area (Å²) in [4.78, 5) is 9.88.